The van der Waals surface area contributed by atoms with Gasteiger partial charge in [-0.2, -0.15) is 0 Å². The first-order valence-corrected chi connectivity index (χ1v) is 22.0. The van der Waals surface area contributed by atoms with Crippen LogP contribution < -0.4 is 0 Å². The highest BCUT2D eigenvalue weighted by Crippen LogP contribution is 2.43. The van der Waals surface area contributed by atoms with Crippen molar-refractivity contribution < 1.29 is 8.78 Å². The number of aryl methyl sites for hydroxylation is 1. The van der Waals surface area contributed by atoms with Crippen molar-refractivity contribution in [2.45, 2.75) is 155 Å². The Morgan fingerprint density at radius 3 is 1.44 bits per heavy atom. The predicted molar refractivity (Wildman–Crippen MR) is 229 cm³/mol. The lowest BCUT2D eigenvalue weighted by atomic mass is 9.83. The number of halogens is 2. The molecule has 0 bridgehead atoms. The number of rotatable bonds is 22. The first-order valence-electron chi connectivity index (χ1n) is 22.0. The number of unbranched alkanes of at least 4 members (excludes halogenated alkanes) is 18. The average molecular weight is 725 g/mol. The summed E-state index contributed by atoms with van der Waals surface area (Å²) < 4.78 is 33.0. The van der Waals surface area contributed by atoms with E-state index in [-0.39, 0.29) is 0 Å². The van der Waals surface area contributed by atoms with Gasteiger partial charge in [-0.15, -0.1) is 0 Å². The van der Waals surface area contributed by atoms with Gasteiger partial charge in [-0.3, -0.25) is 0 Å². The molecule has 284 valence electrons. The van der Waals surface area contributed by atoms with E-state index in [0.717, 1.165) is 53.8 Å². The van der Waals surface area contributed by atoms with Gasteiger partial charge < -0.3 is 0 Å². The van der Waals surface area contributed by atoms with E-state index in [1.54, 1.807) is 0 Å². The molecule has 1 aliphatic carbocycles. The molecule has 0 fully saturated rings. The van der Waals surface area contributed by atoms with Crippen LogP contribution in [-0.2, 0) is 12.8 Å². The molecule has 2 heteroatoms. The van der Waals surface area contributed by atoms with Crippen molar-refractivity contribution in [2.75, 3.05) is 0 Å². The summed E-state index contributed by atoms with van der Waals surface area (Å²) in [6, 6.07) is 25.8. The van der Waals surface area contributed by atoms with Crippen molar-refractivity contribution in [1.82, 2.24) is 0 Å². The van der Waals surface area contributed by atoms with E-state index < -0.39 is 11.6 Å². The van der Waals surface area contributed by atoms with E-state index in [2.05, 4.69) is 80.6 Å². The van der Waals surface area contributed by atoms with Crippen molar-refractivity contribution in [3.63, 3.8) is 0 Å². The smallest absolute Gasteiger partial charge is 0.166 e. The quantitative estimate of drug-likeness (QED) is 0.0482. The highest BCUT2D eigenvalue weighted by molar-refractivity contribution is 6.26. The second kappa shape index (κ2) is 18.7. The van der Waals surface area contributed by atoms with E-state index in [4.69, 9.17) is 0 Å². The Hall–Kier alpha value is -3.78. The van der Waals surface area contributed by atoms with Crippen molar-refractivity contribution in [1.29, 1.82) is 0 Å². The zero-order valence-corrected chi connectivity index (χ0v) is 33.2. The van der Waals surface area contributed by atoms with Gasteiger partial charge >= 0.3 is 0 Å². The van der Waals surface area contributed by atoms with Crippen LogP contribution in [0.4, 0.5) is 8.78 Å². The minimum atomic E-state index is -0.669. The van der Waals surface area contributed by atoms with Gasteiger partial charge in [0.2, 0.25) is 0 Å². The summed E-state index contributed by atoms with van der Waals surface area (Å²) in [6.07, 6.45) is 26.3. The summed E-state index contributed by atoms with van der Waals surface area (Å²) in [5.41, 5.74) is 1.70. The molecule has 0 saturated carbocycles. The van der Waals surface area contributed by atoms with Crippen LogP contribution in [0.25, 0.3) is 43.1 Å². The third-order valence-corrected chi connectivity index (χ3v) is 12.6. The third-order valence-electron chi connectivity index (χ3n) is 12.6. The minimum absolute atomic E-state index is 0.441. The third kappa shape index (κ3) is 7.96. The Morgan fingerprint density at radius 2 is 0.833 bits per heavy atom. The molecule has 7 rings (SSSR count). The normalized spacial score (nSPS) is 12.2. The topological polar surface area (TPSA) is 0 Å². The molecule has 0 radical (unpaired) electrons. The molecule has 0 aromatic heterocycles. The Morgan fingerprint density at radius 1 is 0.352 bits per heavy atom. The lowest BCUT2D eigenvalue weighted by Gasteiger charge is -2.21. The summed E-state index contributed by atoms with van der Waals surface area (Å²) in [5, 5.41) is 13.6. The Balaban J connectivity index is 1.28. The van der Waals surface area contributed by atoms with E-state index in [9.17, 15) is 0 Å². The second-order valence-electron chi connectivity index (χ2n) is 16.4. The number of benzene rings is 6. The van der Waals surface area contributed by atoms with Crippen LogP contribution in [0, 0.1) is 32.5 Å². The van der Waals surface area contributed by atoms with E-state index in [1.165, 1.54) is 145 Å². The van der Waals surface area contributed by atoms with Crippen LogP contribution in [0.3, 0.4) is 0 Å². The van der Waals surface area contributed by atoms with Crippen LogP contribution in [0.2, 0.25) is 0 Å². The summed E-state index contributed by atoms with van der Waals surface area (Å²) in [7, 11) is 0. The fraction of sp³-hybridized carbons (Fsp3) is 0.462. The van der Waals surface area contributed by atoms with Crippen LogP contribution in [0.5, 0.6) is 0 Å². The maximum absolute atomic E-state index is 16.5. The number of hydrogen-bond acceptors (Lipinski definition) is 0. The van der Waals surface area contributed by atoms with Gasteiger partial charge in [0.25, 0.3) is 0 Å². The number of fused-ring (bicyclic) bond motifs is 11. The van der Waals surface area contributed by atoms with Crippen LogP contribution in [-0.4, -0.2) is 0 Å². The van der Waals surface area contributed by atoms with E-state index >= 15 is 8.78 Å². The van der Waals surface area contributed by atoms with Crippen LogP contribution >= 0.6 is 0 Å². The molecule has 0 atom stereocenters. The summed E-state index contributed by atoms with van der Waals surface area (Å²) in [4.78, 5) is 0. The van der Waals surface area contributed by atoms with Crippen molar-refractivity contribution >= 4 is 43.1 Å². The van der Waals surface area contributed by atoms with Gasteiger partial charge in [0.15, 0.2) is 11.6 Å². The van der Waals surface area contributed by atoms with Gasteiger partial charge in [0.05, 0.1) is 0 Å². The molecule has 0 saturated heterocycles. The molecule has 0 heterocycles. The van der Waals surface area contributed by atoms with E-state index in [0.29, 0.717) is 17.4 Å². The van der Waals surface area contributed by atoms with Crippen LogP contribution in [0.15, 0.2) is 72.8 Å². The van der Waals surface area contributed by atoms with Gasteiger partial charge in [-0.05, 0) is 95.4 Å². The van der Waals surface area contributed by atoms with Crippen LogP contribution in [0.1, 0.15) is 153 Å². The first kappa shape index (κ1) is 38.5. The maximum atomic E-state index is 16.5. The van der Waals surface area contributed by atoms with Gasteiger partial charge in [0, 0.05) is 5.39 Å². The van der Waals surface area contributed by atoms with E-state index in [1.807, 2.05) is 6.07 Å². The zero-order valence-electron chi connectivity index (χ0n) is 33.2. The fourth-order valence-corrected chi connectivity index (χ4v) is 9.65. The zero-order chi connectivity index (χ0) is 37.3. The molecule has 54 heavy (non-hydrogen) atoms. The molecule has 0 aliphatic heterocycles. The van der Waals surface area contributed by atoms with Crippen molar-refractivity contribution in [3.05, 3.63) is 116 Å². The first-order chi connectivity index (χ1) is 26.7. The fourth-order valence-electron chi connectivity index (χ4n) is 9.65. The van der Waals surface area contributed by atoms with Gasteiger partial charge in [-0.25, -0.2) is 8.78 Å². The monoisotopic (exact) mass is 724 g/mol. The molecule has 0 N–H and O–H groups in total. The Kier molecular flexibility index (Phi) is 13.3. The standard InChI is InChI=1S/C52H62F2/c1-3-5-7-9-11-13-15-17-19-21-29-41-42(32-22-20-18-16-14-12-10-8-6-4-2)51(53)52(54)45-36-35-44-47-39-30-25-26-31-40(39)50(47)46-38-28-24-23-27-37(38)33-34-43(46)49(44)48(41)45/h23-28,30-31,33-36H,3-22,29,32H2,1-2H3. The maximum Gasteiger partial charge on any atom is 0.166 e. The largest absolute Gasteiger partial charge is 0.203 e. The molecular formula is C52H62F2. The van der Waals surface area contributed by atoms with Crippen molar-refractivity contribution in [2.24, 2.45) is 0 Å². The molecule has 0 unspecified atom stereocenters. The SMILES string of the molecule is CCCCCCCCCCCCc1c(F)c(F)c2ccc3c4c(c5c6ccccc6ccc5c3c2c1CCCCCCCCCCCC)=c1ccccc1=4. The van der Waals surface area contributed by atoms with Crippen molar-refractivity contribution in [3.8, 4) is 0 Å². The van der Waals surface area contributed by atoms with Gasteiger partial charge in [0.1, 0.15) is 0 Å². The molecule has 6 aromatic rings. The highest BCUT2D eigenvalue weighted by Gasteiger charge is 2.24. The molecule has 0 amide bonds. The average Bonchev–Trinajstić information content (AvgIpc) is 3.19. The highest BCUT2D eigenvalue weighted by atomic mass is 19.2. The summed E-state index contributed by atoms with van der Waals surface area (Å²) in [5.74, 6) is -1.28. The second-order valence-corrected chi connectivity index (χ2v) is 16.4. The summed E-state index contributed by atoms with van der Waals surface area (Å²) in [6.45, 7) is 4.54. The Bertz CT molecular complexity index is 2410. The molecule has 0 spiro atoms. The molecule has 1 aliphatic rings. The lowest BCUT2D eigenvalue weighted by molar-refractivity contribution is 0.498. The summed E-state index contributed by atoms with van der Waals surface area (Å²) >= 11 is 0. The predicted octanol–water partition coefficient (Wildman–Crippen LogP) is 16.4. The number of hydrogen-bond donors (Lipinski definition) is 0. The molecule has 0 nitrogen and oxygen atoms in total. The van der Waals surface area contributed by atoms with Gasteiger partial charge in [-0.1, -0.05) is 202 Å². The lowest BCUT2D eigenvalue weighted by Crippen LogP contribution is -2.06. The molecule has 6 aromatic carbocycles. The minimum Gasteiger partial charge on any atom is -0.203 e. The molecular weight excluding hydrogens is 663 g/mol. The Labute approximate surface area is 322 Å².